The molecule has 0 fully saturated rings. The summed E-state index contributed by atoms with van der Waals surface area (Å²) in [7, 11) is 0. The molecule has 2 aromatic carbocycles. The Balaban J connectivity index is 2.16. The quantitative estimate of drug-likeness (QED) is 0.676. The van der Waals surface area contributed by atoms with Gasteiger partial charge in [0.15, 0.2) is 0 Å². The fourth-order valence-corrected chi connectivity index (χ4v) is 2.83. The third kappa shape index (κ3) is 4.71. The van der Waals surface area contributed by atoms with Crippen LogP contribution in [0.4, 0.5) is 4.39 Å². The second-order valence-corrected chi connectivity index (χ2v) is 7.50. The summed E-state index contributed by atoms with van der Waals surface area (Å²) in [4.78, 5) is 38.6. The highest BCUT2D eigenvalue weighted by Gasteiger charge is 2.20. The van der Waals surface area contributed by atoms with Crippen molar-refractivity contribution in [2.75, 3.05) is 6.54 Å². The third-order valence-electron chi connectivity index (χ3n) is 4.46. The Hall–Kier alpha value is -3.55. The molecule has 1 N–H and O–H groups in total. The number of hydrogen-bond acceptors (Lipinski definition) is 4. The Labute approximate surface area is 172 Å². The van der Waals surface area contributed by atoms with E-state index in [4.69, 9.17) is 0 Å². The minimum absolute atomic E-state index is 0.0414. The van der Waals surface area contributed by atoms with Crippen molar-refractivity contribution in [3.63, 3.8) is 0 Å². The maximum absolute atomic E-state index is 13.7. The summed E-state index contributed by atoms with van der Waals surface area (Å²) in [5, 5.41) is 6.61. The van der Waals surface area contributed by atoms with Crippen LogP contribution in [0.15, 0.2) is 58.1 Å². The Bertz CT molecular complexity index is 1180. The molecule has 0 unspecified atom stereocenters. The molecule has 1 aromatic heterocycles. The number of benzene rings is 2. The summed E-state index contributed by atoms with van der Waals surface area (Å²) in [6.45, 7) is 6.06. The average molecular weight is 410 g/mol. The Kier molecular flexibility index (Phi) is 6.25. The largest absolute Gasteiger partial charge is 0.352 e. The van der Waals surface area contributed by atoms with Crippen molar-refractivity contribution < 1.29 is 9.18 Å². The first kappa shape index (κ1) is 21.2. The highest BCUT2D eigenvalue weighted by atomic mass is 19.1. The number of aromatic nitrogens is 3. The fourth-order valence-electron chi connectivity index (χ4n) is 2.83. The van der Waals surface area contributed by atoms with E-state index in [9.17, 15) is 18.8 Å². The zero-order valence-corrected chi connectivity index (χ0v) is 17.1. The van der Waals surface area contributed by atoms with Crippen LogP contribution in [-0.2, 0) is 6.54 Å². The standard InChI is InChI=1S/C22H23FN4O3/c1-14(2)12-24-20(28)19-21(29)26(13-16-9-7-15(3)8-10-16)22(30)27(25-19)18-6-4-5-17(23)11-18/h4-11,14H,12-13H2,1-3H3,(H,24,28). The number of carbonyl (C=O) groups excluding carboxylic acids is 1. The summed E-state index contributed by atoms with van der Waals surface area (Å²) in [5.41, 5.74) is -0.111. The van der Waals surface area contributed by atoms with Gasteiger partial charge >= 0.3 is 5.69 Å². The summed E-state index contributed by atoms with van der Waals surface area (Å²) in [6, 6.07) is 12.6. The van der Waals surface area contributed by atoms with Crippen molar-refractivity contribution in [2.45, 2.75) is 27.3 Å². The Morgan fingerprint density at radius 2 is 1.83 bits per heavy atom. The predicted molar refractivity (Wildman–Crippen MR) is 112 cm³/mol. The van der Waals surface area contributed by atoms with Gasteiger partial charge in [-0.15, -0.1) is 0 Å². The lowest BCUT2D eigenvalue weighted by Gasteiger charge is -2.13. The van der Waals surface area contributed by atoms with E-state index in [1.807, 2.05) is 32.9 Å². The lowest BCUT2D eigenvalue weighted by Crippen LogP contribution is -2.46. The van der Waals surface area contributed by atoms with Crippen LogP contribution in [0.3, 0.4) is 0 Å². The first-order chi connectivity index (χ1) is 14.3. The number of amides is 1. The molecule has 7 nitrogen and oxygen atoms in total. The normalized spacial score (nSPS) is 11.0. The first-order valence-electron chi connectivity index (χ1n) is 9.60. The first-order valence-corrected chi connectivity index (χ1v) is 9.60. The SMILES string of the molecule is Cc1ccc(Cn2c(=O)c(C(=O)NCC(C)C)nn(-c3cccc(F)c3)c2=O)cc1. The maximum atomic E-state index is 13.7. The van der Waals surface area contributed by atoms with Gasteiger partial charge in [-0.1, -0.05) is 49.7 Å². The highest BCUT2D eigenvalue weighted by Crippen LogP contribution is 2.07. The molecule has 0 atom stereocenters. The van der Waals surface area contributed by atoms with Crippen molar-refractivity contribution in [1.29, 1.82) is 0 Å². The molecule has 1 heterocycles. The smallest absolute Gasteiger partial charge is 0.350 e. The van der Waals surface area contributed by atoms with E-state index in [0.717, 1.165) is 20.9 Å². The van der Waals surface area contributed by atoms with Gasteiger partial charge < -0.3 is 5.32 Å². The summed E-state index contributed by atoms with van der Waals surface area (Å²) in [5.74, 6) is -1.09. The molecule has 0 radical (unpaired) electrons. The summed E-state index contributed by atoms with van der Waals surface area (Å²) in [6.07, 6.45) is 0. The second-order valence-electron chi connectivity index (χ2n) is 7.50. The molecular weight excluding hydrogens is 387 g/mol. The molecule has 3 aromatic rings. The molecule has 0 aliphatic heterocycles. The summed E-state index contributed by atoms with van der Waals surface area (Å²) < 4.78 is 15.5. The molecule has 0 saturated heterocycles. The van der Waals surface area contributed by atoms with Gasteiger partial charge in [-0.2, -0.15) is 9.78 Å². The van der Waals surface area contributed by atoms with Crippen molar-refractivity contribution in [3.8, 4) is 5.69 Å². The van der Waals surface area contributed by atoms with Crippen LogP contribution in [-0.4, -0.2) is 26.8 Å². The predicted octanol–water partition coefficient (Wildman–Crippen LogP) is 2.28. The Morgan fingerprint density at radius 1 is 1.13 bits per heavy atom. The van der Waals surface area contributed by atoms with E-state index in [2.05, 4.69) is 10.4 Å². The number of nitrogens with one attached hydrogen (secondary N) is 1. The number of carbonyl (C=O) groups is 1. The number of aryl methyl sites for hydroxylation is 1. The van der Waals surface area contributed by atoms with Crippen molar-refractivity contribution in [3.05, 3.63) is 92.0 Å². The van der Waals surface area contributed by atoms with E-state index in [0.29, 0.717) is 12.1 Å². The highest BCUT2D eigenvalue weighted by molar-refractivity contribution is 5.91. The number of hydrogen-bond donors (Lipinski definition) is 1. The van der Waals surface area contributed by atoms with Gasteiger partial charge in [-0.25, -0.2) is 9.18 Å². The molecular formula is C22H23FN4O3. The average Bonchev–Trinajstić information content (AvgIpc) is 2.71. The second kappa shape index (κ2) is 8.86. The van der Waals surface area contributed by atoms with Gasteiger partial charge in [0.2, 0.25) is 5.69 Å². The lowest BCUT2D eigenvalue weighted by atomic mass is 10.1. The summed E-state index contributed by atoms with van der Waals surface area (Å²) >= 11 is 0. The Morgan fingerprint density at radius 3 is 2.47 bits per heavy atom. The zero-order valence-electron chi connectivity index (χ0n) is 17.1. The molecule has 1 amide bonds. The van der Waals surface area contributed by atoms with Crippen LogP contribution < -0.4 is 16.6 Å². The van der Waals surface area contributed by atoms with Gasteiger partial charge in [0.25, 0.3) is 11.5 Å². The van der Waals surface area contributed by atoms with Crippen LogP contribution in [0.1, 0.15) is 35.5 Å². The van der Waals surface area contributed by atoms with Gasteiger partial charge in [0.1, 0.15) is 5.82 Å². The maximum Gasteiger partial charge on any atom is 0.352 e. The lowest BCUT2D eigenvalue weighted by molar-refractivity contribution is 0.0939. The van der Waals surface area contributed by atoms with Gasteiger partial charge in [0, 0.05) is 6.54 Å². The van der Waals surface area contributed by atoms with Crippen LogP contribution >= 0.6 is 0 Å². The van der Waals surface area contributed by atoms with E-state index in [1.165, 1.54) is 18.2 Å². The van der Waals surface area contributed by atoms with E-state index in [1.54, 1.807) is 12.1 Å². The van der Waals surface area contributed by atoms with Crippen LogP contribution in [0.5, 0.6) is 0 Å². The van der Waals surface area contributed by atoms with Crippen molar-refractivity contribution >= 4 is 5.91 Å². The van der Waals surface area contributed by atoms with Gasteiger partial charge in [-0.05, 0) is 36.6 Å². The number of halogens is 1. The van der Waals surface area contributed by atoms with E-state index >= 15 is 0 Å². The van der Waals surface area contributed by atoms with Gasteiger partial charge in [-0.3, -0.25) is 14.2 Å². The third-order valence-corrected chi connectivity index (χ3v) is 4.46. The number of nitrogens with zero attached hydrogens (tertiary/aromatic N) is 3. The molecule has 0 spiro atoms. The molecule has 0 saturated carbocycles. The minimum atomic E-state index is -0.797. The fraction of sp³-hybridized carbons (Fsp3) is 0.273. The van der Waals surface area contributed by atoms with E-state index < -0.39 is 28.7 Å². The van der Waals surface area contributed by atoms with Gasteiger partial charge in [0.05, 0.1) is 12.2 Å². The molecule has 0 aliphatic carbocycles. The molecule has 0 bridgehead atoms. The monoisotopic (exact) mass is 410 g/mol. The topological polar surface area (TPSA) is 86.0 Å². The van der Waals surface area contributed by atoms with Crippen LogP contribution in [0.25, 0.3) is 5.69 Å². The molecule has 30 heavy (non-hydrogen) atoms. The van der Waals surface area contributed by atoms with Crippen molar-refractivity contribution in [1.82, 2.24) is 19.7 Å². The van der Waals surface area contributed by atoms with E-state index in [-0.39, 0.29) is 18.2 Å². The van der Waals surface area contributed by atoms with Crippen LogP contribution in [0, 0.1) is 18.7 Å². The number of rotatable bonds is 6. The zero-order chi connectivity index (χ0) is 21.8. The van der Waals surface area contributed by atoms with Crippen molar-refractivity contribution in [2.24, 2.45) is 5.92 Å². The molecule has 0 aliphatic rings. The minimum Gasteiger partial charge on any atom is -0.350 e. The van der Waals surface area contributed by atoms with Crippen LogP contribution in [0.2, 0.25) is 0 Å². The molecule has 156 valence electrons. The molecule has 3 rings (SSSR count). The molecule has 8 heteroatoms.